The lowest BCUT2D eigenvalue weighted by molar-refractivity contribution is -0.131. The van der Waals surface area contributed by atoms with Crippen LogP contribution in [0.15, 0.2) is 89.5 Å². The number of amides is 1. The average molecular weight is 412 g/mol. The number of nitrogens with zero attached hydrogens (tertiary/aromatic N) is 1. The molecule has 0 spiro atoms. The lowest BCUT2D eigenvalue weighted by atomic mass is 9.86. The molecule has 3 nitrogen and oxygen atoms in total. The number of carbonyl (C=O) groups is 1. The van der Waals surface area contributed by atoms with Crippen LogP contribution in [0.3, 0.4) is 0 Å². The first-order valence-corrected chi connectivity index (χ1v) is 10.8. The second-order valence-electron chi connectivity index (χ2n) is 9.12. The monoisotopic (exact) mass is 411 g/mol. The molecule has 158 valence electrons. The third-order valence-corrected chi connectivity index (χ3v) is 5.65. The quantitative estimate of drug-likeness (QED) is 0.363. The Morgan fingerprint density at radius 2 is 1.42 bits per heavy atom. The molecule has 0 N–H and O–H groups in total. The molecule has 31 heavy (non-hydrogen) atoms. The van der Waals surface area contributed by atoms with E-state index in [1.165, 1.54) is 5.56 Å². The standard InChI is InChI=1S/C28H29NO2/c1-28(2,3)24-14-15-26-25(17-24)23(20-31-26)16-27(30)29(18-21-10-6-4-7-11-21)19-22-12-8-5-9-13-22/h4-15,17,20H,16,18-19H2,1-3H3. The van der Waals surface area contributed by atoms with E-state index in [0.29, 0.717) is 19.5 Å². The minimum absolute atomic E-state index is 0.0411. The molecule has 0 bridgehead atoms. The zero-order valence-electron chi connectivity index (χ0n) is 18.5. The van der Waals surface area contributed by atoms with E-state index in [4.69, 9.17) is 4.42 Å². The van der Waals surface area contributed by atoms with E-state index in [1.807, 2.05) is 47.4 Å². The molecular weight excluding hydrogens is 382 g/mol. The summed E-state index contributed by atoms with van der Waals surface area (Å²) in [5.41, 5.74) is 5.29. The third kappa shape index (κ3) is 5.05. The van der Waals surface area contributed by atoms with Crippen molar-refractivity contribution in [3.05, 3.63) is 107 Å². The Labute approximate surface area is 184 Å². The second-order valence-corrected chi connectivity index (χ2v) is 9.12. The van der Waals surface area contributed by atoms with Gasteiger partial charge in [0, 0.05) is 24.0 Å². The van der Waals surface area contributed by atoms with Crippen LogP contribution in [-0.4, -0.2) is 10.8 Å². The van der Waals surface area contributed by atoms with E-state index >= 15 is 0 Å². The molecule has 1 aromatic heterocycles. The SMILES string of the molecule is CC(C)(C)c1ccc2occ(CC(=O)N(Cc3ccccc3)Cc3ccccc3)c2c1. The van der Waals surface area contributed by atoms with Gasteiger partial charge in [0.2, 0.25) is 5.91 Å². The highest BCUT2D eigenvalue weighted by Crippen LogP contribution is 2.29. The average Bonchev–Trinajstić information content (AvgIpc) is 3.16. The van der Waals surface area contributed by atoms with Gasteiger partial charge in [-0.25, -0.2) is 0 Å². The predicted octanol–water partition coefficient (Wildman–Crippen LogP) is 6.50. The highest BCUT2D eigenvalue weighted by molar-refractivity contribution is 5.88. The van der Waals surface area contributed by atoms with E-state index in [9.17, 15) is 4.79 Å². The molecule has 4 aromatic rings. The van der Waals surface area contributed by atoms with E-state index in [-0.39, 0.29) is 11.3 Å². The molecule has 1 amide bonds. The van der Waals surface area contributed by atoms with Gasteiger partial charge < -0.3 is 9.32 Å². The summed E-state index contributed by atoms with van der Waals surface area (Å²) in [5, 5.41) is 1.03. The van der Waals surface area contributed by atoms with Crippen molar-refractivity contribution in [2.24, 2.45) is 0 Å². The normalized spacial score (nSPS) is 11.6. The van der Waals surface area contributed by atoms with Crippen LogP contribution < -0.4 is 0 Å². The van der Waals surface area contributed by atoms with Gasteiger partial charge in [-0.15, -0.1) is 0 Å². The van der Waals surface area contributed by atoms with Crippen molar-refractivity contribution in [2.75, 3.05) is 0 Å². The molecule has 4 rings (SSSR count). The van der Waals surface area contributed by atoms with E-state index < -0.39 is 0 Å². The number of carbonyl (C=O) groups excluding carboxylic acids is 1. The molecular formula is C28H29NO2. The summed E-state index contributed by atoms with van der Waals surface area (Å²) >= 11 is 0. The molecule has 0 fully saturated rings. The van der Waals surface area contributed by atoms with Crippen LogP contribution >= 0.6 is 0 Å². The maximum absolute atomic E-state index is 13.4. The van der Waals surface area contributed by atoms with Crippen LogP contribution in [0.25, 0.3) is 11.0 Å². The fourth-order valence-corrected chi connectivity index (χ4v) is 3.80. The number of fused-ring (bicyclic) bond motifs is 1. The molecule has 0 saturated heterocycles. The van der Waals surface area contributed by atoms with Crippen LogP contribution in [0.2, 0.25) is 0 Å². The summed E-state index contributed by atoms with van der Waals surface area (Å²) in [5.74, 6) is 0.0940. The Hall–Kier alpha value is -3.33. The molecule has 0 radical (unpaired) electrons. The van der Waals surface area contributed by atoms with Gasteiger partial charge in [0.05, 0.1) is 12.7 Å². The number of rotatable bonds is 6. The van der Waals surface area contributed by atoms with Crippen LogP contribution in [0.4, 0.5) is 0 Å². The molecule has 0 saturated carbocycles. The minimum Gasteiger partial charge on any atom is -0.464 e. The number of furan rings is 1. The van der Waals surface area contributed by atoms with Gasteiger partial charge in [-0.05, 0) is 34.2 Å². The number of hydrogen-bond donors (Lipinski definition) is 0. The zero-order chi connectivity index (χ0) is 21.8. The van der Waals surface area contributed by atoms with Crippen molar-refractivity contribution in [1.29, 1.82) is 0 Å². The van der Waals surface area contributed by atoms with Crippen molar-refractivity contribution in [3.8, 4) is 0 Å². The van der Waals surface area contributed by atoms with Crippen molar-refractivity contribution in [2.45, 2.75) is 45.7 Å². The van der Waals surface area contributed by atoms with Crippen LogP contribution in [0.5, 0.6) is 0 Å². The maximum Gasteiger partial charge on any atom is 0.227 e. The second kappa shape index (κ2) is 8.81. The van der Waals surface area contributed by atoms with Crippen molar-refractivity contribution < 1.29 is 9.21 Å². The Balaban J connectivity index is 1.61. The van der Waals surface area contributed by atoms with Gasteiger partial charge >= 0.3 is 0 Å². The van der Waals surface area contributed by atoms with Crippen molar-refractivity contribution in [3.63, 3.8) is 0 Å². The zero-order valence-corrected chi connectivity index (χ0v) is 18.5. The molecule has 0 unspecified atom stereocenters. The summed E-state index contributed by atoms with van der Waals surface area (Å²) in [7, 11) is 0. The number of benzene rings is 3. The summed E-state index contributed by atoms with van der Waals surface area (Å²) in [6.45, 7) is 7.75. The Bertz CT molecular complexity index is 1110. The molecule has 3 aromatic carbocycles. The van der Waals surface area contributed by atoms with Crippen LogP contribution in [0.1, 0.15) is 43.0 Å². The fourth-order valence-electron chi connectivity index (χ4n) is 3.80. The minimum atomic E-state index is 0.0411. The first kappa shape index (κ1) is 20.9. The molecule has 3 heteroatoms. The number of hydrogen-bond acceptors (Lipinski definition) is 2. The van der Waals surface area contributed by atoms with Crippen molar-refractivity contribution >= 4 is 16.9 Å². The summed E-state index contributed by atoms with van der Waals surface area (Å²) < 4.78 is 5.76. The molecule has 0 aliphatic carbocycles. The van der Waals surface area contributed by atoms with E-state index in [2.05, 4.69) is 57.2 Å². The Morgan fingerprint density at radius 1 is 0.839 bits per heavy atom. The van der Waals surface area contributed by atoms with Gasteiger partial charge in [-0.2, -0.15) is 0 Å². The van der Waals surface area contributed by atoms with Crippen LogP contribution in [-0.2, 0) is 29.7 Å². The third-order valence-electron chi connectivity index (χ3n) is 5.65. The molecule has 0 aliphatic heterocycles. The first-order valence-electron chi connectivity index (χ1n) is 10.8. The lowest BCUT2D eigenvalue weighted by Crippen LogP contribution is -2.31. The van der Waals surface area contributed by atoms with E-state index in [0.717, 1.165) is 27.7 Å². The predicted molar refractivity (Wildman–Crippen MR) is 126 cm³/mol. The molecule has 1 heterocycles. The summed E-state index contributed by atoms with van der Waals surface area (Å²) in [4.78, 5) is 15.4. The fraction of sp³-hybridized carbons (Fsp3) is 0.250. The van der Waals surface area contributed by atoms with Gasteiger partial charge in [0.25, 0.3) is 0 Å². The van der Waals surface area contributed by atoms with Crippen LogP contribution in [0, 0.1) is 0 Å². The Kier molecular flexibility index (Phi) is 5.94. The molecule has 0 atom stereocenters. The smallest absolute Gasteiger partial charge is 0.227 e. The van der Waals surface area contributed by atoms with Gasteiger partial charge in [-0.1, -0.05) is 87.5 Å². The summed E-state index contributed by atoms with van der Waals surface area (Å²) in [6.07, 6.45) is 2.05. The summed E-state index contributed by atoms with van der Waals surface area (Å²) in [6, 6.07) is 26.6. The molecule has 0 aliphatic rings. The highest BCUT2D eigenvalue weighted by atomic mass is 16.3. The van der Waals surface area contributed by atoms with Crippen molar-refractivity contribution in [1.82, 2.24) is 4.90 Å². The topological polar surface area (TPSA) is 33.5 Å². The lowest BCUT2D eigenvalue weighted by Gasteiger charge is -2.23. The van der Waals surface area contributed by atoms with Gasteiger partial charge in [0.1, 0.15) is 5.58 Å². The first-order chi connectivity index (χ1) is 14.9. The maximum atomic E-state index is 13.4. The Morgan fingerprint density at radius 3 is 1.97 bits per heavy atom. The highest BCUT2D eigenvalue weighted by Gasteiger charge is 2.20. The van der Waals surface area contributed by atoms with E-state index in [1.54, 1.807) is 6.26 Å². The van der Waals surface area contributed by atoms with Gasteiger partial charge in [0.15, 0.2) is 0 Å². The van der Waals surface area contributed by atoms with Gasteiger partial charge in [-0.3, -0.25) is 4.79 Å². The largest absolute Gasteiger partial charge is 0.464 e.